The summed E-state index contributed by atoms with van der Waals surface area (Å²) < 4.78 is 5.53. The predicted octanol–water partition coefficient (Wildman–Crippen LogP) is 1.53. The molecule has 1 aliphatic rings. The molecule has 2 rings (SSSR count). The third-order valence-corrected chi connectivity index (χ3v) is 2.68. The molecule has 4 heteroatoms. The van der Waals surface area contributed by atoms with Gasteiger partial charge in [0.2, 0.25) is 0 Å². The Labute approximate surface area is 94.4 Å². The number of carboxylic acid groups (broad SMARTS) is 1. The van der Waals surface area contributed by atoms with E-state index in [1.807, 2.05) is 30.0 Å². The molecule has 0 spiro atoms. The van der Waals surface area contributed by atoms with Crippen LogP contribution in [0.1, 0.15) is 12.5 Å². The van der Waals surface area contributed by atoms with Crippen LogP contribution in [0.5, 0.6) is 5.75 Å². The van der Waals surface area contributed by atoms with Crippen LogP contribution in [0.2, 0.25) is 0 Å². The number of para-hydroxylation sites is 1. The molecular weight excluding hydrogens is 206 g/mol. The summed E-state index contributed by atoms with van der Waals surface area (Å²) in [4.78, 5) is 12.6. The molecule has 1 aliphatic heterocycles. The third kappa shape index (κ3) is 1.96. The highest BCUT2D eigenvalue weighted by Gasteiger charge is 2.24. The van der Waals surface area contributed by atoms with Crippen molar-refractivity contribution in [3.8, 4) is 5.75 Å². The van der Waals surface area contributed by atoms with Crippen LogP contribution >= 0.6 is 0 Å². The van der Waals surface area contributed by atoms with Crippen molar-refractivity contribution in [1.29, 1.82) is 0 Å². The van der Waals surface area contributed by atoms with Crippen molar-refractivity contribution in [3.63, 3.8) is 0 Å². The van der Waals surface area contributed by atoms with Gasteiger partial charge in [-0.25, -0.2) is 0 Å². The van der Waals surface area contributed by atoms with Crippen LogP contribution in [0, 0.1) is 0 Å². The van der Waals surface area contributed by atoms with Crippen molar-refractivity contribution in [3.05, 3.63) is 23.8 Å². The van der Waals surface area contributed by atoms with E-state index in [4.69, 9.17) is 9.84 Å². The van der Waals surface area contributed by atoms with Gasteiger partial charge in [0.1, 0.15) is 12.3 Å². The molecule has 1 N–H and O–H groups in total. The molecule has 1 aromatic carbocycles. The highest BCUT2D eigenvalue weighted by Crippen LogP contribution is 2.36. The summed E-state index contributed by atoms with van der Waals surface area (Å²) in [5.41, 5.74) is 2.12. The molecule has 86 valence electrons. The number of carboxylic acids is 1. The van der Waals surface area contributed by atoms with Crippen LogP contribution in [-0.2, 0) is 11.2 Å². The minimum Gasteiger partial charge on any atom is -0.492 e. The summed E-state index contributed by atoms with van der Waals surface area (Å²) in [5.74, 6) is -0.0158. The van der Waals surface area contributed by atoms with Gasteiger partial charge in [0.25, 0.3) is 0 Å². The van der Waals surface area contributed by atoms with Crippen LogP contribution in [0.25, 0.3) is 0 Å². The van der Waals surface area contributed by atoms with Crippen LogP contribution in [0.3, 0.4) is 0 Å². The van der Waals surface area contributed by atoms with E-state index in [0.717, 1.165) is 24.4 Å². The maximum absolute atomic E-state index is 10.8. The Morgan fingerprint density at radius 1 is 1.56 bits per heavy atom. The van der Waals surface area contributed by atoms with Gasteiger partial charge < -0.3 is 14.7 Å². The van der Waals surface area contributed by atoms with Gasteiger partial charge in [-0.15, -0.1) is 0 Å². The number of fused-ring (bicyclic) bond motifs is 1. The van der Waals surface area contributed by atoms with Gasteiger partial charge in [0.15, 0.2) is 0 Å². The van der Waals surface area contributed by atoms with Gasteiger partial charge in [0.05, 0.1) is 12.3 Å². The molecule has 0 saturated carbocycles. The molecule has 1 aromatic rings. The second kappa shape index (κ2) is 4.43. The minimum atomic E-state index is -0.806. The molecule has 0 bridgehead atoms. The Balaban J connectivity index is 2.31. The van der Waals surface area contributed by atoms with Crippen molar-refractivity contribution in [2.45, 2.75) is 13.3 Å². The maximum Gasteiger partial charge on any atom is 0.323 e. The summed E-state index contributed by atoms with van der Waals surface area (Å²) >= 11 is 0. The van der Waals surface area contributed by atoms with E-state index in [2.05, 4.69) is 0 Å². The maximum atomic E-state index is 10.8. The molecule has 0 aliphatic carbocycles. The Bertz CT molecular complexity index is 403. The van der Waals surface area contributed by atoms with Gasteiger partial charge in [-0.1, -0.05) is 12.1 Å². The Kier molecular flexibility index (Phi) is 2.99. The van der Waals surface area contributed by atoms with E-state index in [9.17, 15) is 4.79 Å². The number of hydrogen-bond donors (Lipinski definition) is 1. The van der Waals surface area contributed by atoms with Crippen molar-refractivity contribution in [2.24, 2.45) is 0 Å². The first kappa shape index (κ1) is 10.8. The van der Waals surface area contributed by atoms with Crippen molar-refractivity contribution >= 4 is 11.7 Å². The molecule has 0 fully saturated rings. The van der Waals surface area contributed by atoms with E-state index in [1.165, 1.54) is 5.56 Å². The number of carbonyl (C=O) groups is 1. The Morgan fingerprint density at radius 2 is 2.38 bits per heavy atom. The molecule has 0 atom stereocenters. The fourth-order valence-corrected chi connectivity index (χ4v) is 2.09. The lowest BCUT2D eigenvalue weighted by Crippen LogP contribution is -2.27. The highest BCUT2D eigenvalue weighted by atomic mass is 16.5. The number of anilines is 1. The fraction of sp³-hybridized carbons (Fsp3) is 0.417. The molecule has 0 radical (unpaired) electrons. The van der Waals surface area contributed by atoms with E-state index in [1.54, 1.807) is 0 Å². The molecule has 16 heavy (non-hydrogen) atoms. The normalized spacial score (nSPS) is 13.7. The summed E-state index contributed by atoms with van der Waals surface area (Å²) in [7, 11) is 0. The molecule has 1 heterocycles. The number of hydrogen-bond acceptors (Lipinski definition) is 3. The molecule has 4 nitrogen and oxygen atoms in total. The lowest BCUT2D eigenvalue weighted by Gasteiger charge is -2.19. The average Bonchev–Trinajstić information content (AvgIpc) is 2.62. The Hall–Kier alpha value is -1.71. The smallest absolute Gasteiger partial charge is 0.323 e. The van der Waals surface area contributed by atoms with E-state index >= 15 is 0 Å². The van der Waals surface area contributed by atoms with Gasteiger partial charge >= 0.3 is 5.97 Å². The molecule has 0 saturated heterocycles. The zero-order valence-electron chi connectivity index (χ0n) is 9.27. The Morgan fingerprint density at radius 3 is 3.06 bits per heavy atom. The summed E-state index contributed by atoms with van der Waals surface area (Å²) in [5, 5.41) is 8.84. The summed E-state index contributed by atoms with van der Waals surface area (Å²) in [6, 6.07) is 5.87. The van der Waals surface area contributed by atoms with Crippen molar-refractivity contribution < 1.29 is 14.6 Å². The number of ether oxygens (including phenoxy) is 1. The third-order valence-electron chi connectivity index (χ3n) is 2.68. The number of nitrogens with zero attached hydrogens (tertiary/aromatic N) is 1. The van der Waals surface area contributed by atoms with E-state index < -0.39 is 5.97 Å². The fourth-order valence-electron chi connectivity index (χ4n) is 2.09. The lowest BCUT2D eigenvalue weighted by atomic mass is 10.1. The second-order valence-corrected chi connectivity index (χ2v) is 3.76. The van der Waals surface area contributed by atoms with Crippen molar-refractivity contribution in [1.82, 2.24) is 0 Å². The first-order valence-corrected chi connectivity index (χ1v) is 5.43. The second-order valence-electron chi connectivity index (χ2n) is 3.76. The van der Waals surface area contributed by atoms with Crippen LogP contribution in [0.15, 0.2) is 18.2 Å². The highest BCUT2D eigenvalue weighted by molar-refractivity contribution is 5.77. The summed E-state index contributed by atoms with van der Waals surface area (Å²) in [6.45, 7) is 3.32. The predicted molar refractivity (Wildman–Crippen MR) is 61.2 cm³/mol. The first-order valence-electron chi connectivity index (χ1n) is 5.43. The van der Waals surface area contributed by atoms with Crippen LogP contribution < -0.4 is 9.64 Å². The molecule has 0 unspecified atom stereocenters. The van der Waals surface area contributed by atoms with Gasteiger partial charge in [0, 0.05) is 6.54 Å². The van der Waals surface area contributed by atoms with Crippen LogP contribution in [-0.4, -0.2) is 30.8 Å². The zero-order chi connectivity index (χ0) is 11.5. The van der Waals surface area contributed by atoms with Gasteiger partial charge in [-0.2, -0.15) is 0 Å². The number of benzene rings is 1. The van der Waals surface area contributed by atoms with Gasteiger partial charge in [-0.05, 0) is 25.0 Å². The molecular formula is C12H15NO3. The SMILES string of the molecule is CCOc1cccc2c1N(CC(=O)O)CC2. The number of aliphatic carboxylic acids is 1. The minimum absolute atomic E-state index is 0.0388. The lowest BCUT2D eigenvalue weighted by molar-refractivity contribution is -0.135. The monoisotopic (exact) mass is 221 g/mol. The van der Waals surface area contributed by atoms with E-state index in [-0.39, 0.29) is 6.54 Å². The standard InChI is InChI=1S/C12H15NO3/c1-2-16-10-5-3-4-9-6-7-13(12(9)10)8-11(14)15/h3-5H,2,6-8H2,1H3,(H,14,15). The van der Waals surface area contributed by atoms with Gasteiger partial charge in [-0.3, -0.25) is 4.79 Å². The average molecular weight is 221 g/mol. The molecule has 0 aromatic heterocycles. The summed E-state index contributed by atoms with van der Waals surface area (Å²) in [6.07, 6.45) is 0.892. The topological polar surface area (TPSA) is 49.8 Å². The largest absolute Gasteiger partial charge is 0.492 e. The first-order chi connectivity index (χ1) is 7.72. The quantitative estimate of drug-likeness (QED) is 0.837. The van der Waals surface area contributed by atoms with Crippen LogP contribution in [0.4, 0.5) is 5.69 Å². The zero-order valence-corrected chi connectivity index (χ0v) is 9.27. The van der Waals surface area contributed by atoms with E-state index in [0.29, 0.717) is 6.61 Å². The molecule has 0 amide bonds. The van der Waals surface area contributed by atoms with Crippen molar-refractivity contribution in [2.75, 3.05) is 24.6 Å². The number of rotatable bonds is 4.